The van der Waals surface area contributed by atoms with Crippen LogP contribution in [0.4, 0.5) is 0 Å². The Balaban J connectivity index is 1.87. The Labute approximate surface area is 152 Å². The minimum atomic E-state index is -1.07. The van der Waals surface area contributed by atoms with E-state index in [0.717, 1.165) is 5.56 Å². The van der Waals surface area contributed by atoms with Crippen LogP contribution >= 0.6 is 0 Å². The van der Waals surface area contributed by atoms with Crippen molar-refractivity contribution in [2.75, 3.05) is 19.7 Å². The summed E-state index contributed by atoms with van der Waals surface area (Å²) in [5.41, 5.74) is 0.504. The minimum Gasteiger partial charge on any atom is -0.480 e. The van der Waals surface area contributed by atoms with Crippen molar-refractivity contribution >= 4 is 17.8 Å². The molecule has 2 saturated heterocycles. The molecular weight excluding hydrogens is 336 g/mol. The zero-order valence-corrected chi connectivity index (χ0v) is 15.1. The van der Waals surface area contributed by atoms with Crippen LogP contribution in [0, 0.1) is 6.92 Å². The van der Waals surface area contributed by atoms with Gasteiger partial charge in [-0.2, -0.15) is 0 Å². The van der Waals surface area contributed by atoms with E-state index in [-0.39, 0.29) is 18.4 Å². The van der Waals surface area contributed by atoms with Gasteiger partial charge >= 0.3 is 5.97 Å². The first-order valence-corrected chi connectivity index (χ1v) is 8.93. The zero-order chi connectivity index (χ0) is 18.9. The number of likely N-dealkylation sites (tertiary alicyclic amines) is 1. The van der Waals surface area contributed by atoms with Crippen molar-refractivity contribution in [3.63, 3.8) is 0 Å². The summed E-state index contributed by atoms with van der Waals surface area (Å²) >= 11 is 0. The summed E-state index contributed by atoms with van der Waals surface area (Å²) in [6, 6.07) is 6.05. The number of hydrogen-bond donors (Lipinski definition) is 1. The van der Waals surface area contributed by atoms with Gasteiger partial charge in [-0.3, -0.25) is 14.5 Å². The summed E-state index contributed by atoms with van der Waals surface area (Å²) in [6.45, 7) is 4.61. The van der Waals surface area contributed by atoms with Crippen molar-refractivity contribution in [2.24, 2.45) is 0 Å². The van der Waals surface area contributed by atoms with E-state index >= 15 is 0 Å². The van der Waals surface area contributed by atoms with Gasteiger partial charge in [0.25, 0.3) is 5.91 Å². The molecule has 1 aromatic rings. The van der Waals surface area contributed by atoms with Gasteiger partial charge < -0.3 is 14.7 Å². The smallest absolute Gasteiger partial charge is 0.328 e. The quantitative estimate of drug-likeness (QED) is 0.886. The molecule has 0 unspecified atom stereocenters. The number of aliphatic carboxylic acids is 1. The van der Waals surface area contributed by atoms with Crippen molar-refractivity contribution < 1.29 is 24.2 Å². The maximum atomic E-state index is 13.1. The van der Waals surface area contributed by atoms with E-state index in [1.165, 1.54) is 4.90 Å². The fourth-order valence-corrected chi connectivity index (χ4v) is 3.72. The third kappa shape index (κ3) is 3.19. The lowest BCUT2D eigenvalue weighted by atomic mass is 9.96. The molecular formula is C19H24N2O5. The van der Waals surface area contributed by atoms with Crippen LogP contribution in [0.2, 0.25) is 0 Å². The highest BCUT2D eigenvalue weighted by atomic mass is 16.5. The monoisotopic (exact) mass is 360 g/mol. The van der Waals surface area contributed by atoms with Crippen molar-refractivity contribution in [3.05, 3.63) is 35.4 Å². The normalized spacial score (nSPS) is 21.8. The highest BCUT2D eigenvalue weighted by Gasteiger charge is 2.54. The first-order chi connectivity index (χ1) is 12.4. The van der Waals surface area contributed by atoms with Crippen molar-refractivity contribution in [1.82, 2.24) is 9.80 Å². The van der Waals surface area contributed by atoms with Gasteiger partial charge in [0.1, 0.15) is 5.72 Å². The highest BCUT2D eigenvalue weighted by molar-refractivity contribution is 5.97. The van der Waals surface area contributed by atoms with Crippen LogP contribution < -0.4 is 0 Å². The maximum Gasteiger partial charge on any atom is 0.328 e. The van der Waals surface area contributed by atoms with Gasteiger partial charge in [-0.1, -0.05) is 24.6 Å². The molecule has 140 valence electrons. The molecule has 1 aromatic carbocycles. The molecule has 0 aliphatic carbocycles. The molecule has 1 N–H and O–H groups in total. The molecule has 7 heteroatoms. The summed E-state index contributed by atoms with van der Waals surface area (Å²) in [6.07, 6.45) is 1.26. The molecule has 3 rings (SSSR count). The second kappa shape index (κ2) is 7.07. The Kier molecular flexibility index (Phi) is 5.00. The number of benzene rings is 1. The van der Waals surface area contributed by atoms with E-state index in [2.05, 4.69) is 0 Å². The molecule has 7 nitrogen and oxygen atoms in total. The number of ether oxygens (including phenoxy) is 1. The second-order valence-corrected chi connectivity index (χ2v) is 6.89. The Morgan fingerprint density at radius 3 is 2.35 bits per heavy atom. The average molecular weight is 360 g/mol. The predicted molar refractivity (Wildman–Crippen MR) is 93.6 cm³/mol. The number of piperidine rings is 1. The van der Waals surface area contributed by atoms with Crippen molar-refractivity contribution in [1.29, 1.82) is 0 Å². The number of nitrogens with zero attached hydrogens (tertiary/aromatic N) is 2. The molecule has 2 amide bonds. The third-order valence-electron chi connectivity index (χ3n) is 5.26. The summed E-state index contributed by atoms with van der Waals surface area (Å²) in [5.74, 6) is -1.36. The Morgan fingerprint density at radius 1 is 1.19 bits per heavy atom. The van der Waals surface area contributed by atoms with Gasteiger partial charge in [0.15, 0.2) is 6.04 Å². The van der Waals surface area contributed by atoms with Gasteiger partial charge in [0.2, 0.25) is 5.91 Å². The standard InChI is InChI=1S/C19H24N2O5/c1-3-16(22)20-10-8-19(9-11-20)21(15(12-26-19)18(24)25)17(23)14-6-4-13(2)5-7-14/h4-7,15H,3,8-12H2,1-2H3,(H,24,25)/t15-/m0/s1. The summed E-state index contributed by atoms with van der Waals surface area (Å²) in [5, 5.41) is 9.58. The second-order valence-electron chi connectivity index (χ2n) is 6.89. The molecule has 2 fully saturated rings. The van der Waals surface area contributed by atoms with Crippen LogP contribution in [-0.2, 0) is 14.3 Å². The van der Waals surface area contributed by atoms with Gasteiger partial charge in [-0.25, -0.2) is 4.79 Å². The van der Waals surface area contributed by atoms with Gasteiger partial charge in [-0.05, 0) is 19.1 Å². The molecule has 2 aliphatic rings. The van der Waals surface area contributed by atoms with Crippen LogP contribution in [0.5, 0.6) is 0 Å². The zero-order valence-electron chi connectivity index (χ0n) is 15.1. The number of carboxylic acid groups (broad SMARTS) is 1. The SMILES string of the molecule is CCC(=O)N1CCC2(CC1)OC[C@@H](C(=O)O)N2C(=O)c1ccc(C)cc1. The number of hydrogen-bond acceptors (Lipinski definition) is 4. The third-order valence-corrected chi connectivity index (χ3v) is 5.26. The molecule has 1 spiro atoms. The summed E-state index contributed by atoms with van der Waals surface area (Å²) < 4.78 is 5.88. The van der Waals surface area contributed by atoms with Crippen molar-refractivity contribution in [2.45, 2.75) is 44.9 Å². The lowest BCUT2D eigenvalue weighted by molar-refractivity contribution is -0.147. The lowest BCUT2D eigenvalue weighted by Crippen LogP contribution is -2.58. The van der Waals surface area contributed by atoms with Gasteiger partial charge in [-0.15, -0.1) is 0 Å². The van der Waals surface area contributed by atoms with E-state index in [9.17, 15) is 19.5 Å². The Morgan fingerprint density at radius 2 is 1.81 bits per heavy atom. The first-order valence-electron chi connectivity index (χ1n) is 8.93. The predicted octanol–water partition coefficient (Wildman–Crippen LogP) is 1.65. The number of amides is 2. The summed E-state index contributed by atoms with van der Waals surface area (Å²) in [7, 11) is 0. The number of rotatable bonds is 3. The Hall–Kier alpha value is -2.41. The lowest BCUT2D eigenvalue weighted by Gasteiger charge is -2.44. The number of carbonyl (C=O) groups is 3. The molecule has 26 heavy (non-hydrogen) atoms. The molecule has 1 atom stereocenters. The molecule has 0 radical (unpaired) electrons. The number of aryl methyl sites for hydroxylation is 1. The topological polar surface area (TPSA) is 87.2 Å². The first kappa shape index (κ1) is 18.4. The number of carbonyl (C=O) groups excluding carboxylic acids is 2. The van der Waals surface area contributed by atoms with Gasteiger partial charge in [0.05, 0.1) is 6.61 Å². The average Bonchev–Trinajstić information content (AvgIpc) is 3.00. The fourth-order valence-electron chi connectivity index (χ4n) is 3.72. The molecule has 0 bridgehead atoms. The van der Waals surface area contributed by atoms with E-state index in [0.29, 0.717) is 37.9 Å². The highest BCUT2D eigenvalue weighted by Crippen LogP contribution is 2.38. The molecule has 2 heterocycles. The van der Waals surface area contributed by atoms with E-state index in [1.807, 2.05) is 26.0 Å². The number of carboxylic acids is 1. The maximum absolute atomic E-state index is 13.1. The largest absolute Gasteiger partial charge is 0.480 e. The van der Waals surface area contributed by atoms with E-state index in [4.69, 9.17) is 4.74 Å². The molecule has 0 aromatic heterocycles. The van der Waals surface area contributed by atoms with Crippen LogP contribution in [0.1, 0.15) is 42.1 Å². The van der Waals surface area contributed by atoms with Crippen molar-refractivity contribution in [3.8, 4) is 0 Å². The Bertz CT molecular complexity index is 707. The fraction of sp³-hybridized carbons (Fsp3) is 0.526. The van der Waals surface area contributed by atoms with Crippen LogP contribution in [-0.4, -0.2) is 64.2 Å². The molecule has 2 aliphatic heterocycles. The van der Waals surface area contributed by atoms with E-state index in [1.54, 1.807) is 17.0 Å². The van der Waals surface area contributed by atoms with Crippen LogP contribution in [0.15, 0.2) is 24.3 Å². The summed E-state index contributed by atoms with van der Waals surface area (Å²) in [4.78, 5) is 39.9. The van der Waals surface area contributed by atoms with E-state index < -0.39 is 17.7 Å². The van der Waals surface area contributed by atoms with Gasteiger partial charge in [0, 0.05) is 37.9 Å². The van der Waals surface area contributed by atoms with Crippen LogP contribution in [0.25, 0.3) is 0 Å². The van der Waals surface area contributed by atoms with Crippen LogP contribution in [0.3, 0.4) is 0 Å². The minimum absolute atomic E-state index is 0.0331. The molecule has 0 saturated carbocycles.